The van der Waals surface area contributed by atoms with Crippen LogP contribution in [0.1, 0.15) is 17.2 Å². The highest BCUT2D eigenvalue weighted by Crippen LogP contribution is 2.29. The number of hydrogen-bond donors (Lipinski definition) is 1. The fraction of sp³-hybridized carbons (Fsp3) is 0.0769. The molecule has 1 atom stereocenters. The molecular weight excluding hydrogens is 326 g/mol. The van der Waals surface area contributed by atoms with E-state index in [0.717, 1.165) is 0 Å². The molecule has 19 heavy (non-hydrogen) atoms. The molecule has 0 fully saturated rings. The zero-order chi connectivity index (χ0) is 14.2. The monoisotopic (exact) mass is 333 g/mol. The van der Waals surface area contributed by atoms with Crippen molar-refractivity contribution in [3.8, 4) is 0 Å². The van der Waals surface area contributed by atoms with Crippen LogP contribution < -0.4 is 5.73 Å². The van der Waals surface area contributed by atoms with Crippen LogP contribution in [0.2, 0.25) is 0 Å². The predicted molar refractivity (Wildman–Crippen MR) is 66.4 cm³/mol. The van der Waals surface area contributed by atoms with E-state index in [1.54, 1.807) is 0 Å². The van der Waals surface area contributed by atoms with E-state index in [0.29, 0.717) is 12.1 Å². The summed E-state index contributed by atoms with van der Waals surface area (Å²) in [6.07, 6.45) is 0. The molecule has 2 aromatic rings. The van der Waals surface area contributed by atoms with Crippen molar-refractivity contribution in [3.63, 3.8) is 0 Å². The molecular formula is C13H8BrF4N. The van der Waals surface area contributed by atoms with E-state index in [-0.39, 0.29) is 15.6 Å². The first-order chi connectivity index (χ1) is 8.91. The Kier molecular flexibility index (Phi) is 3.91. The first-order valence-electron chi connectivity index (χ1n) is 5.25. The van der Waals surface area contributed by atoms with Gasteiger partial charge in [-0.2, -0.15) is 0 Å². The van der Waals surface area contributed by atoms with Gasteiger partial charge in [-0.05, 0) is 28.1 Å². The lowest BCUT2D eigenvalue weighted by molar-refractivity contribution is 0.486. The third-order valence-electron chi connectivity index (χ3n) is 2.69. The van der Waals surface area contributed by atoms with Crippen molar-refractivity contribution in [2.24, 2.45) is 5.73 Å². The molecule has 0 aliphatic rings. The van der Waals surface area contributed by atoms with Crippen LogP contribution in [0.15, 0.2) is 34.8 Å². The second-order valence-electron chi connectivity index (χ2n) is 3.91. The fourth-order valence-corrected chi connectivity index (χ4v) is 2.09. The van der Waals surface area contributed by atoms with Crippen LogP contribution in [-0.4, -0.2) is 0 Å². The van der Waals surface area contributed by atoms with Gasteiger partial charge in [0.1, 0.15) is 11.6 Å². The van der Waals surface area contributed by atoms with Crippen molar-refractivity contribution in [3.05, 3.63) is 69.2 Å². The average molecular weight is 334 g/mol. The Balaban J connectivity index is 2.53. The molecule has 0 aliphatic heterocycles. The Hall–Kier alpha value is -1.40. The Labute approximate surface area is 115 Å². The SMILES string of the molecule is NC(c1cc(F)c(F)cc1F)c1cccc(Br)c1F. The molecule has 1 nitrogen and oxygen atoms in total. The Morgan fingerprint density at radius 2 is 1.53 bits per heavy atom. The topological polar surface area (TPSA) is 26.0 Å². The molecule has 0 radical (unpaired) electrons. The highest BCUT2D eigenvalue weighted by molar-refractivity contribution is 9.10. The molecule has 2 N–H and O–H groups in total. The molecule has 0 heterocycles. The zero-order valence-corrected chi connectivity index (χ0v) is 11.0. The lowest BCUT2D eigenvalue weighted by Crippen LogP contribution is -2.16. The molecule has 0 spiro atoms. The first kappa shape index (κ1) is 14.0. The molecule has 0 saturated carbocycles. The molecule has 100 valence electrons. The van der Waals surface area contributed by atoms with Crippen molar-refractivity contribution in [2.45, 2.75) is 6.04 Å². The standard InChI is InChI=1S/C13H8BrF4N/c14-8-3-1-2-6(12(8)18)13(19)7-4-10(16)11(17)5-9(7)15/h1-5,13H,19H2. The van der Waals surface area contributed by atoms with Gasteiger partial charge >= 0.3 is 0 Å². The summed E-state index contributed by atoms with van der Waals surface area (Å²) in [4.78, 5) is 0. The normalized spacial score (nSPS) is 12.5. The summed E-state index contributed by atoms with van der Waals surface area (Å²) < 4.78 is 53.5. The van der Waals surface area contributed by atoms with Gasteiger partial charge in [-0.25, -0.2) is 17.6 Å². The van der Waals surface area contributed by atoms with E-state index in [1.807, 2.05) is 0 Å². The quantitative estimate of drug-likeness (QED) is 0.651. The number of benzene rings is 2. The van der Waals surface area contributed by atoms with Crippen LogP contribution in [-0.2, 0) is 0 Å². The molecule has 6 heteroatoms. The average Bonchev–Trinajstić information content (AvgIpc) is 2.36. The number of rotatable bonds is 2. The third-order valence-corrected chi connectivity index (χ3v) is 3.30. The molecule has 2 aromatic carbocycles. The molecule has 0 aromatic heterocycles. The molecule has 1 unspecified atom stereocenters. The van der Waals surface area contributed by atoms with E-state index in [2.05, 4.69) is 15.9 Å². The van der Waals surface area contributed by atoms with Gasteiger partial charge in [-0.15, -0.1) is 0 Å². The van der Waals surface area contributed by atoms with Crippen LogP contribution in [0, 0.1) is 23.3 Å². The predicted octanol–water partition coefficient (Wildman–Crippen LogP) is 4.05. The van der Waals surface area contributed by atoms with Gasteiger partial charge in [0.2, 0.25) is 0 Å². The number of nitrogens with two attached hydrogens (primary N) is 1. The summed E-state index contributed by atoms with van der Waals surface area (Å²) in [6.45, 7) is 0. The van der Waals surface area contributed by atoms with Gasteiger partial charge in [0.25, 0.3) is 0 Å². The van der Waals surface area contributed by atoms with Crippen LogP contribution in [0.25, 0.3) is 0 Å². The zero-order valence-electron chi connectivity index (χ0n) is 9.43. The first-order valence-corrected chi connectivity index (χ1v) is 6.05. The molecule has 0 saturated heterocycles. The van der Waals surface area contributed by atoms with Gasteiger partial charge in [-0.3, -0.25) is 0 Å². The second kappa shape index (κ2) is 5.30. The molecule has 2 rings (SSSR count). The highest BCUT2D eigenvalue weighted by Gasteiger charge is 2.20. The minimum atomic E-state index is -1.32. The van der Waals surface area contributed by atoms with Crippen LogP contribution in [0.4, 0.5) is 17.6 Å². The van der Waals surface area contributed by atoms with E-state index >= 15 is 0 Å². The Bertz CT molecular complexity index is 630. The summed E-state index contributed by atoms with van der Waals surface area (Å²) in [5.74, 6) is -4.24. The summed E-state index contributed by atoms with van der Waals surface area (Å²) in [7, 11) is 0. The molecule has 0 amide bonds. The number of hydrogen-bond acceptors (Lipinski definition) is 1. The van der Waals surface area contributed by atoms with E-state index in [9.17, 15) is 17.6 Å². The van der Waals surface area contributed by atoms with Crippen molar-refractivity contribution in [1.29, 1.82) is 0 Å². The maximum absolute atomic E-state index is 13.8. The number of halogens is 5. The van der Waals surface area contributed by atoms with Crippen LogP contribution in [0.5, 0.6) is 0 Å². The van der Waals surface area contributed by atoms with Gasteiger partial charge < -0.3 is 5.73 Å². The minimum Gasteiger partial charge on any atom is -0.320 e. The van der Waals surface area contributed by atoms with Crippen molar-refractivity contribution >= 4 is 15.9 Å². The van der Waals surface area contributed by atoms with Gasteiger partial charge in [0, 0.05) is 17.2 Å². The second-order valence-corrected chi connectivity index (χ2v) is 4.76. The molecule has 0 aliphatic carbocycles. The van der Waals surface area contributed by atoms with E-state index in [4.69, 9.17) is 5.73 Å². The summed E-state index contributed by atoms with van der Waals surface area (Å²) in [5, 5.41) is 0. The Morgan fingerprint density at radius 3 is 2.21 bits per heavy atom. The Morgan fingerprint density at radius 1 is 0.895 bits per heavy atom. The summed E-state index contributed by atoms with van der Waals surface area (Å²) >= 11 is 2.97. The van der Waals surface area contributed by atoms with Crippen molar-refractivity contribution in [1.82, 2.24) is 0 Å². The maximum Gasteiger partial charge on any atom is 0.161 e. The van der Waals surface area contributed by atoms with Crippen molar-refractivity contribution in [2.75, 3.05) is 0 Å². The lowest BCUT2D eigenvalue weighted by atomic mass is 9.98. The maximum atomic E-state index is 13.8. The fourth-order valence-electron chi connectivity index (χ4n) is 1.70. The summed E-state index contributed by atoms with van der Waals surface area (Å²) in [5.41, 5.74) is 5.39. The van der Waals surface area contributed by atoms with Crippen molar-refractivity contribution < 1.29 is 17.6 Å². The summed E-state index contributed by atoms with van der Waals surface area (Å²) in [6, 6.07) is 4.11. The van der Waals surface area contributed by atoms with Crippen LogP contribution in [0.3, 0.4) is 0 Å². The van der Waals surface area contributed by atoms with Crippen LogP contribution >= 0.6 is 15.9 Å². The third kappa shape index (κ3) is 2.64. The smallest absolute Gasteiger partial charge is 0.161 e. The van der Waals surface area contributed by atoms with E-state index < -0.39 is 29.3 Å². The molecule has 0 bridgehead atoms. The van der Waals surface area contributed by atoms with Gasteiger partial charge in [0.15, 0.2) is 11.6 Å². The van der Waals surface area contributed by atoms with Gasteiger partial charge in [0.05, 0.1) is 10.5 Å². The highest BCUT2D eigenvalue weighted by atomic mass is 79.9. The van der Waals surface area contributed by atoms with Gasteiger partial charge in [-0.1, -0.05) is 12.1 Å². The van der Waals surface area contributed by atoms with E-state index in [1.165, 1.54) is 18.2 Å². The minimum absolute atomic E-state index is 0.0146. The lowest BCUT2D eigenvalue weighted by Gasteiger charge is -2.15. The largest absolute Gasteiger partial charge is 0.320 e.